The summed E-state index contributed by atoms with van der Waals surface area (Å²) in [5.74, 6) is 0.000896. The van der Waals surface area contributed by atoms with E-state index in [1.807, 2.05) is 36.9 Å². The lowest BCUT2D eigenvalue weighted by Gasteiger charge is -2.37. The zero-order valence-electron chi connectivity index (χ0n) is 15.0. The first-order valence-electron chi connectivity index (χ1n) is 8.96. The summed E-state index contributed by atoms with van der Waals surface area (Å²) < 4.78 is 0. The van der Waals surface area contributed by atoms with E-state index in [2.05, 4.69) is 22.3 Å². The van der Waals surface area contributed by atoms with Crippen LogP contribution in [0.2, 0.25) is 0 Å². The van der Waals surface area contributed by atoms with E-state index in [-0.39, 0.29) is 17.7 Å². The highest BCUT2D eigenvalue weighted by molar-refractivity contribution is 5.88. The molecule has 2 amide bonds. The van der Waals surface area contributed by atoms with E-state index in [1.165, 1.54) is 5.69 Å². The van der Waals surface area contributed by atoms with Crippen molar-refractivity contribution < 1.29 is 9.59 Å². The number of carbonyl (C=O) groups excluding carboxylic acids is 2. The van der Waals surface area contributed by atoms with Crippen LogP contribution < -0.4 is 10.2 Å². The molecule has 1 fully saturated rings. The molecule has 1 aromatic carbocycles. The fourth-order valence-electron chi connectivity index (χ4n) is 3.15. The molecular formula is C19H29N3O2. The topological polar surface area (TPSA) is 52.7 Å². The molecule has 24 heavy (non-hydrogen) atoms. The Kier molecular flexibility index (Phi) is 6.64. The lowest BCUT2D eigenvalue weighted by Crippen LogP contribution is -2.54. The molecule has 0 aliphatic carbocycles. The largest absolute Gasteiger partial charge is 0.368 e. The van der Waals surface area contributed by atoms with E-state index in [1.54, 1.807) is 6.92 Å². The number of nitrogens with one attached hydrogen (secondary N) is 1. The minimum Gasteiger partial charge on any atom is -0.368 e. The standard InChI is InChI=1S/C19H29N3O2/c1-4-16(5-2)18(23)20-15(3)19(24)22-13-11-21(12-14-22)17-9-7-6-8-10-17/h6-10,15-16H,4-5,11-14H2,1-3H3,(H,20,23)/t15-/m1/s1. The SMILES string of the molecule is CCC(CC)C(=O)N[C@H](C)C(=O)N1CCN(c2ccccc2)CC1. The van der Waals surface area contributed by atoms with Crippen LogP contribution in [0.4, 0.5) is 5.69 Å². The Balaban J connectivity index is 1.84. The van der Waals surface area contributed by atoms with Crippen molar-refractivity contribution in [1.29, 1.82) is 0 Å². The van der Waals surface area contributed by atoms with Gasteiger partial charge in [-0.3, -0.25) is 9.59 Å². The highest BCUT2D eigenvalue weighted by Crippen LogP contribution is 2.16. The van der Waals surface area contributed by atoms with Gasteiger partial charge in [0.25, 0.3) is 0 Å². The van der Waals surface area contributed by atoms with Crippen LogP contribution in [0.5, 0.6) is 0 Å². The lowest BCUT2D eigenvalue weighted by molar-refractivity contribution is -0.137. The lowest BCUT2D eigenvalue weighted by atomic mass is 10.0. The van der Waals surface area contributed by atoms with Crippen molar-refractivity contribution >= 4 is 17.5 Å². The first kappa shape index (κ1) is 18.3. The van der Waals surface area contributed by atoms with Crippen molar-refractivity contribution in [3.8, 4) is 0 Å². The Bertz CT molecular complexity index is 535. The van der Waals surface area contributed by atoms with Gasteiger partial charge in [-0.2, -0.15) is 0 Å². The Morgan fingerprint density at radius 2 is 1.62 bits per heavy atom. The number of nitrogens with zero attached hydrogens (tertiary/aromatic N) is 2. The minimum absolute atomic E-state index is 0.00446. The van der Waals surface area contributed by atoms with Gasteiger partial charge in [-0.05, 0) is 31.9 Å². The second-order valence-corrected chi connectivity index (χ2v) is 6.39. The number of para-hydroxylation sites is 1. The normalized spacial score (nSPS) is 16.2. The number of piperazine rings is 1. The third kappa shape index (κ3) is 4.49. The van der Waals surface area contributed by atoms with E-state index in [0.29, 0.717) is 13.1 Å². The number of amides is 2. The third-order valence-electron chi connectivity index (χ3n) is 4.80. The van der Waals surface area contributed by atoms with Crippen molar-refractivity contribution in [1.82, 2.24) is 10.2 Å². The fourth-order valence-corrected chi connectivity index (χ4v) is 3.15. The summed E-state index contributed by atoms with van der Waals surface area (Å²) in [6.45, 7) is 8.82. The van der Waals surface area contributed by atoms with Gasteiger partial charge in [0.15, 0.2) is 0 Å². The van der Waals surface area contributed by atoms with Crippen LogP contribution in [0.1, 0.15) is 33.6 Å². The van der Waals surface area contributed by atoms with Crippen LogP contribution in [0.3, 0.4) is 0 Å². The van der Waals surface area contributed by atoms with Gasteiger partial charge in [0.05, 0.1) is 0 Å². The second kappa shape index (κ2) is 8.71. The van der Waals surface area contributed by atoms with Gasteiger partial charge in [0, 0.05) is 37.8 Å². The fraction of sp³-hybridized carbons (Fsp3) is 0.579. The maximum Gasteiger partial charge on any atom is 0.244 e. The minimum atomic E-state index is -0.457. The number of hydrogen-bond acceptors (Lipinski definition) is 3. The molecule has 0 radical (unpaired) electrons. The number of hydrogen-bond donors (Lipinski definition) is 1. The van der Waals surface area contributed by atoms with Gasteiger partial charge in [-0.1, -0.05) is 32.0 Å². The average Bonchev–Trinajstić information content (AvgIpc) is 2.63. The van der Waals surface area contributed by atoms with Gasteiger partial charge in [0.1, 0.15) is 6.04 Å². The maximum atomic E-state index is 12.6. The summed E-state index contributed by atoms with van der Waals surface area (Å²) in [6, 6.07) is 9.80. The number of anilines is 1. The summed E-state index contributed by atoms with van der Waals surface area (Å²) in [5.41, 5.74) is 1.19. The van der Waals surface area contributed by atoms with Crippen LogP contribution >= 0.6 is 0 Å². The Hall–Kier alpha value is -2.04. The Labute approximate surface area is 145 Å². The molecule has 1 aliphatic rings. The van der Waals surface area contributed by atoms with Gasteiger partial charge < -0.3 is 15.1 Å². The van der Waals surface area contributed by atoms with E-state index < -0.39 is 6.04 Å². The molecule has 5 nitrogen and oxygen atoms in total. The zero-order chi connectivity index (χ0) is 17.5. The molecular weight excluding hydrogens is 302 g/mol. The van der Waals surface area contributed by atoms with Crippen LogP contribution in [0.15, 0.2) is 30.3 Å². The number of benzene rings is 1. The third-order valence-corrected chi connectivity index (χ3v) is 4.80. The molecule has 0 bridgehead atoms. The smallest absolute Gasteiger partial charge is 0.244 e. The first-order chi connectivity index (χ1) is 11.6. The molecule has 1 atom stereocenters. The summed E-state index contributed by atoms with van der Waals surface area (Å²) in [6.07, 6.45) is 1.61. The Morgan fingerprint density at radius 3 is 2.17 bits per heavy atom. The van der Waals surface area contributed by atoms with Gasteiger partial charge in [-0.25, -0.2) is 0 Å². The van der Waals surface area contributed by atoms with Crippen molar-refractivity contribution in [3.05, 3.63) is 30.3 Å². The quantitative estimate of drug-likeness (QED) is 0.870. The molecule has 1 aromatic rings. The average molecular weight is 331 g/mol. The van der Waals surface area contributed by atoms with Crippen molar-refractivity contribution in [2.75, 3.05) is 31.1 Å². The molecule has 0 unspecified atom stereocenters. The molecule has 0 saturated carbocycles. The number of carbonyl (C=O) groups is 2. The van der Waals surface area contributed by atoms with Gasteiger partial charge >= 0.3 is 0 Å². The van der Waals surface area contributed by atoms with E-state index in [0.717, 1.165) is 25.9 Å². The van der Waals surface area contributed by atoms with Crippen LogP contribution in [0, 0.1) is 5.92 Å². The van der Waals surface area contributed by atoms with E-state index >= 15 is 0 Å². The first-order valence-corrected chi connectivity index (χ1v) is 8.96. The second-order valence-electron chi connectivity index (χ2n) is 6.39. The summed E-state index contributed by atoms with van der Waals surface area (Å²) in [7, 11) is 0. The van der Waals surface area contributed by atoms with Crippen molar-refractivity contribution in [2.45, 2.75) is 39.7 Å². The number of rotatable bonds is 6. The van der Waals surface area contributed by atoms with Gasteiger partial charge in [-0.15, -0.1) is 0 Å². The molecule has 1 saturated heterocycles. The molecule has 2 rings (SSSR count). The molecule has 5 heteroatoms. The highest BCUT2D eigenvalue weighted by Gasteiger charge is 2.27. The zero-order valence-corrected chi connectivity index (χ0v) is 15.0. The van der Waals surface area contributed by atoms with Crippen molar-refractivity contribution in [3.63, 3.8) is 0 Å². The van der Waals surface area contributed by atoms with Crippen molar-refractivity contribution in [2.24, 2.45) is 5.92 Å². The predicted molar refractivity (Wildman–Crippen MR) is 96.9 cm³/mol. The monoisotopic (exact) mass is 331 g/mol. The van der Waals surface area contributed by atoms with Gasteiger partial charge in [0.2, 0.25) is 11.8 Å². The van der Waals surface area contributed by atoms with Crippen LogP contribution in [-0.2, 0) is 9.59 Å². The summed E-state index contributed by atoms with van der Waals surface area (Å²) >= 11 is 0. The molecule has 1 N–H and O–H groups in total. The molecule has 0 spiro atoms. The highest BCUT2D eigenvalue weighted by atomic mass is 16.2. The predicted octanol–water partition coefficient (Wildman–Crippen LogP) is 2.28. The molecule has 1 aliphatic heterocycles. The summed E-state index contributed by atoms with van der Waals surface area (Å²) in [5, 5.41) is 2.88. The summed E-state index contributed by atoms with van der Waals surface area (Å²) in [4.78, 5) is 28.9. The Morgan fingerprint density at radius 1 is 1.04 bits per heavy atom. The van der Waals surface area contributed by atoms with Crippen LogP contribution in [-0.4, -0.2) is 48.9 Å². The molecule has 132 valence electrons. The molecule has 0 aromatic heterocycles. The van der Waals surface area contributed by atoms with E-state index in [4.69, 9.17) is 0 Å². The van der Waals surface area contributed by atoms with Crippen LogP contribution in [0.25, 0.3) is 0 Å². The maximum absolute atomic E-state index is 12.6. The van der Waals surface area contributed by atoms with E-state index in [9.17, 15) is 9.59 Å². The molecule has 1 heterocycles.